The van der Waals surface area contributed by atoms with Crippen LogP contribution in [0.1, 0.15) is 32.5 Å². The minimum atomic E-state index is 0.719. The summed E-state index contributed by atoms with van der Waals surface area (Å²) in [5, 5.41) is 11.7. The van der Waals surface area contributed by atoms with Crippen LogP contribution < -0.4 is 4.74 Å². The van der Waals surface area contributed by atoms with Crippen LogP contribution >= 0.6 is 0 Å². The Morgan fingerprint density at radius 2 is 2.06 bits per heavy atom. The number of tetrazole rings is 1. The number of ether oxygens (including phenoxy) is 1. The minimum absolute atomic E-state index is 0.719. The smallest absolute Gasteiger partial charge is 0.156 e. The van der Waals surface area contributed by atoms with Crippen LogP contribution in [0.4, 0.5) is 0 Å². The molecule has 0 N–H and O–H groups in total. The second-order valence-corrected chi connectivity index (χ2v) is 4.03. The summed E-state index contributed by atoms with van der Waals surface area (Å²) < 4.78 is 7.52. The molecule has 0 radical (unpaired) electrons. The van der Waals surface area contributed by atoms with Crippen LogP contribution in [0.15, 0.2) is 24.3 Å². The molecule has 0 saturated heterocycles. The normalized spacial score (nSPS) is 10.6. The highest BCUT2D eigenvalue weighted by molar-refractivity contribution is 5.46. The van der Waals surface area contributed by atoms with Crippen molar-refractivity contribution in [2.24, 2.45) is 0 Å². The van der Waals surface area contributed by atoms with Gasteiger partial charge in [0.05, 0.1) is 6.61 Å². The lowest BCUT2D eigenvalue weighted by Gasteiger charge is -2.11. The predicted octanol–water partition coefficient (Wildman–Crippen LogP) is 2.40. The Labute approximate surface area is 107 Å². The third-order valence-corrected chi connectivity index (χ3v) is 2.70. The van der Waals surface area contributed by atoms with Crippen LogP contribution in [0.5, 0.6) is 5.75 Å². The molecule has 0 aliphatic heterocycles. The number of nitrogens with zero attached hydrogens (tertiary/aromatic N) is 4. The Balaban J connectivity index is 2.27. The summed E-state index contributed by atoms with van der Waals surface area (Å²) in [5.41, 5.74) is 0.899. The molecular weight excluding hydrogens is 228 g/mol. The first-order valence-electron chi connectivity index (χ1n) is 6.36. The molecule has 0 spiro atoms. The average molecular weight is 246 g/mol. The molecule has 0 atom stereocenters. The fraction of sp³-hybridized carbons (Fsp3) is 0.462. The SMILES string of the molecule is CCCCOc1ccccc1-n1nnnc1CC. The number of hydrogen-bond donors (Lipinski definition) is 0. The quantitative estimate of drug-likeness (QED) is 0.734. The van der Waals surface area contributed by atoms with Gasteiger partial charge in [0.1, 0.15) is 11.4 Å². The van der Waals surface area contributed by atoms with Crippen molar-refractivity contribution < 1.29 is 4.74 Å². The van der Waals surface area contributed by atoms with E-state index in [1.54, 1.807) is 4.68 Å². The van der Waals surface area contributed by atoms with Gasteiger partial charge in [-0.05, 0) is 29.0 Å². The van der Waals surface area contributed by atoms with Crippen molar-refractivity contribution in [1.29, 1.82) is 0 Å². The van der Waals surface area contributed by atoms with Gasteiger partial charge in [-0.25, -0.2) is 0 Å². The van der Waals surface area contributed by atoms with E-state index in [4.69, 9.17) is 4.74 Å². The van der Waals surface area contributed by atoms with Crippen LogP contribution in [-0.4, -0.2) is 26.8 Å². The lowest BCUT2D eigenvalue weighted by molar-refractivity contribution is 0.307. The van der Waals surface area contributed by atoms with Crippen molar-refractivity contribution in [2.45, 2.75) is 33.1 Å². The number of rotatable bonds is 6. The van der Waals surface area contributed by atoms with Crippen LogP contribution in [0, 0.1) is 0 Å². The zero-order valence-corrected chi connectivity index (χ0v) is 10.8. The van der Waals surface area contributed by atoms with E-state index in [-0.39, 0.29) is 0 Å². The summed E-state index contributed by atoms with van der Waals surface area (Å²) in [4.78, 5) is 0. The van der Waals surface area contributed by atoms with Gasteiger partial charge in [0.2, 0.25) is 0 Å². The summed E-state index contributed by atoms with van der Waals surface area (Å²) in [6.45, 7) is 4.89. The number of hydrogen-bond acceptors (Lipinski definition) is 4. The third-order valence-electron chi connectivity index (χ3n) is 2.70. The maximum Gasteiger partial charge on any atom is 0.156 e. The van der Waals surface area contributed by atoms with E-state index in [9.17, 15) is 0 Å². The second kappa shape index (κ2) is 6.14. The Bertz CT molecular complexity index is 495. The summed E-state index contributed by atoms with van der Waals surface area (Å²) in [7, 11) is 0. The van der Waals surface area contributed by atoms with Crippen LogP contribution in [0.3, 0.4) is 0 Å². The fourth-order valence-electron chi connectivity index (χ4n) is 1.69. The molecule has 2 rings (SSSR count). The minimum Gasteiger partial charge on any atom is -0.491 e. The molecule has 0 aliphatic rings. The maximum atomic E-state index is 5.78. The highest BCUT2D eigenvalue weighted by Gasteiger charge is 2.10. The Morgan fingerprint density at radius 1 is 1.22 bits per heavy atom. The average Bonchev–Trinajstić information content (AvgIpc) is 2.88. The highest BCUT2D eigenvalue weighted by atomic mass is 16.5. The number of aromatic nitrogens is 4. The molecule has 1 aromatic heterocycles. The van der Waals surface area contributed by atoms with E-state index in [1.165, 1.54) is 0 Å². The largest absolute Gasteiger partial charge is 0.491 e. The summed E-state index contributed by atoms with van der Waals surface area (Å²) in [6.07, 6.45) is 2.95. The van der Waals surface area contributed by atoms with Crippen molar-refractivity contribution in [1.82, 2.24) is 20.2 Å². The van der Waals surface area contributed by atoms with Crippen LogP contribution in [0.2, 0.25) is 0 Å². The molecule has 1 heterocycles. The van der Waals surface area contributed by atoms with Gasteiger partial charge >= 0.3 is 0 Å². The van der Waals surface area contributed by atoms with Gasteiger partial charge in [-0.2, -0.15) is 4.68 Å². The Kier molecular flexibility index (Phi) is 4.28. The molecule has 1 aromatic carbocycles. The van der Waals surface area contributed by atoms with Gasteiger partial charge in [0, 0.05) is 6.42 Å². The Morgan fingerprint density at radius 3 is 2.83 bits per heavy atom. The molecule has 18 heavy (non-hydrogen) atoms. The number of benzene rings is 1. The maximum absolute atomic E-state index is 5.78. The third kappa shape index (κ3) is 2.67. The van der Waals surface area contributed by atoms with Crippen molar-refractivity contribution in [3.8, 4) is 11.4 Å². The van der Waals surface area contributed by atoms with Crippen LogP contribution in [-0.2, 0) is 6.42 Å². The molecule has 5 nitrogen and oxygen atoms in total. The molecule has 0 fully saturated rings. The predicted molar refractivity (Wildman–Crippen MR) is 68.9 cm³/mol. The van der Waals surface area contributed by atoms with Gasteiger partial charge in [-0.1, -0.05) is 32.4 Å². The number of para-hydroxylation sites is 2. The Hall–Kier alpha value is -1.91. The number of aryl methyl sites for hydroxylation is 1. The van der Waals surface area contributed by atoms with Crippen LogP contribution in [0.25, 0.3) is 5.69 Å². The summed E-state index contributed by atoms with van der Waals surface area (Å²) in [6, 6.07) is 7.84. The summed E-state index contributed by atoms with van der Waals surface area (Å²) in [5.74, 6) is 1.66. The summed E-state index contributed by atoms with van der Waals surface area (Å²) >= 11 is 0. The molecule has 0 amide bonds. The fourth-order valence-corrected chi connectivity index (χ4v) is 1.69. The highest BCUT2D eigenvalue weighted by Crippen LogP contribution is 2.22. The molecule has 96 valence electrons. The first-order chi connectivity index (χ1) is 8.86. The van der Waals surface area contributed by atoms with E-state index in [2.05, 4.69) is 22.4 Å². The zero-order chi connectivity index (χ0) is 12.8. The first-order valence-corrected chi connectivity index (χ1v) is 6.36. The van der Waals surface area contributed by atoms with E-state index in [0.717, 1.165) is 43.1 Å². The molecule has 0 saturated carbocycles. The standard InChI is InChI=1S/C13H18N4O/c1-3-5-10-18-12-9-7-6-8-11(12)17-13(4-2)14-15-16-17/h6-9H,3-5,10H2,1-2H3. The van der Waals surface area contributed by atoms with Crippen molar-refractivity contribution in [2.75, 3.05) is 6.61 Å². The van der Waals surface area contributed by atoms with Gasteiger partial charge in [0.15, 0.2) is 5.82 Å². The molecular formula is C13H18N4O. The van der Waals surface area contributed by atoms with Gasteiger partial charge < -0.3 is 4.74 Å². The van der Waals surface area contributed by atoms with Gasteiger partial charge in [-0.15, -0.1) is 5.10 Å². The lowest BCUT2D eigenvalue weighted by atomic mass is 10.3. The van der Waals surface area contributed by atoms with E-state index < -0.39 is 0 Å². The van der Waals surface area contributed by atoms with Crippen molar-refractivity contribution in [3.05, 3.63) is 30.1 Å². The van der Waals surface area contributed by atoms with Crippen molar-refractivity contribution in [3.63, 3.8) is 0 Å². The lowest BCUT2D eigenvalue weighted by Crippen LogP contribution is -2.06. The number of unbranched alkanes of at least 4 members (excludes halogenated alkanes) is 1. The molecule has 5 heteroatoms. The van der Waals surface area contributed by atoms with E-state index in [1.807, 2.05) is 31.2 Å². The molecule has 0 unspecified atom stereocenters. The zero-order valence-electron chi connectivity index (χ0n) is 10.8. The second-order valence-electron chi connectivity index (χ2n) is 4.03. The monoisotopic (exact) mass is 246 g/mol. The first kappa shape index (κ1) is 12.5. The van der Waals surface area contributed by atoms with E-state index >= 15 is 0 Å². The molecule has 0 aliphatic carbocycles. The van der Waals surface area contributed by atoms with E-state index in [0.29, 0.717) is 0 Å². The molecule has 0 bridgehead atoms. The molecule has 2 aromatic rings. The van der Waals surface area contributed by atoms with Crippen molar-refractivity contribution >= 4 is 0 Å². The van der Waals surface area contributed by atoms with Gasteiger partial charge in [0.25, 0.3) is 0 Å². The topological polar surface area (TPSA) is 52.8 Å². The van der Waals surface area contributed by atoms with Gasteiger partial charge in [-0.3, -0.25) is 0 Å².